The average molecular weight is 264 g/mol. The Balaban J connectivity index is 2.76. The van der Waals surface area contributed by atoms with Gasteiger partial charge in [-0.25, -0.2) is 0 Å². The van der Waals surface area contributed by atoms with Crippen molar-refractivity contribution in [3.8, 4) is 0 Å². The SMILES string of the molecule is NC(CCBr)C(N)(N)c1ccsc1. The summed E-state index contributed by atoms with van der Waals surface area (Å²) in [5.74, 6) is 0. The number of alkyl halides is 1. The highest BCUT2D eigenvalue weighted by atomic mass is 79.9. The molecule has 1 aromatic heterocycles. The van der Waals surface area contributed by atoms with Crippen molar-refractivity contribution in [3.05, 3.63) is 22.4 Å². The minimum Gasteiger partial charge on any atom is -0.325 e. The van der Waals surface area contributed by atoms with Gasteiger partial charge in [0.2, 0.25) is 0 Å². The van der Waals surface area contributed by atoms with Crippen molar-refractivity contribution in [3.63, 3.8) is 0 Å². The van der Waals surface area contributed by atoms with E-state index in [4.69, 9.17) is 17.2 Å². The summed E-state index contributed by atoms with van der Waals surface area (Å²) < 4.78 is 0. The summed E-state index contributed by atoms with van der Waals surface area (Å²) in [6.45, 7) is 0. The lowest BCUT2D eigenvalue weighted by Gasteiger charge is -2.30. The van der Waals surface area contributed by atoms with Gasteiger partial charge in [0, 0.05) is 11.4 Å². The van der Waals surface area contributed by atoms with E-state index in [1.165, 1.54) is 0 Å². The summed E-state index contributed by atoms with van der Waals surface area (Å²) in [6, 6.07) is 1.69. The summed E-state index contributed by atoms with van der Waals surface area (Å²) in [5, 5.41) is 4.70. The van der Waals surface area contributed by atoms with Crippen molar-refractivity contribution in [2.24, 2.45) is 17.2 Å². The average Bonchev–Trinajstić information content (AvgIpc) is 2.56. The van der Waals surface area contributed by atoms with Gasteiger partial charge in [-0.05, 0) is 28.8 Å². The van der Waals surface area contributed by atoms with Gasteiger partial charge in [-0.2, -0.15) is 11.3 Å². The highest BCUT2D eigenvalue weighted by Gasteiger charge is 2.29. The third-order valence-electron chi connectivity index (χ3n) is 2.05. The molecule has 0 radical (unpaired) electrons. The number of hydrogen-bond acceptors (Lipinski definition) is 4. The van der Waals surface area contributed by atoms with Crippen LogP contribution in [-0.2, 0) is 5.66 Å². The molecule has 6 N–H and O–H groups in total. The molecule has 0 saturated carbocycles. The van der Waals surface area contributed by atoms with Crippen LogP contribution in [0.5, 0.6) is 0 Å². The zero-order chi connectivity index (χ0) is 9.90. The van der Waals surface area contributed by atoms with Gasteiger partial charge in [-0.3, -0.25) is 0 Å². The summed E-state index contributed by atoms with van der Waals surface area (Å²) in [5.41, 5.74) is 17.8. The molecule has 0 aromatic carbocycles. The molecule has 1 heterocycles. The zero-order valence-electron chi connectivity index (χ0n) is 7.24. The molecule has 1 aromatic rings. The lowest BCUT2D eigenvalue weighted by atomic mass is 9.94. The summed E-state index contributed by atoms with van der Waals surface area (Å²) in [4.78, 5) is 0. The lowest BCUT2D eigenvalue weighted by molar-refractivity contribution is 0.360. The van der Waals surface area contributed by atoms with Crippen molar-refractivity contribution in [1.82, 2.24) is 0 Å². The largest absolute Gasteiger partial charge is 0.325 e. The Labute approximate surface area is 90.4 Å². The number of nitrogens with two attached hydrogens (primary N) is 3. The van der Waals surface area contributed by atoms with E-state index in [1.807, 2.05) is 16.8 Å². The van der Waals surface area contributed by atoms with Crippen LogP contribution < -0.4 is 17.2 Å². The minimum atomic E-state index is -0.909. The Morgan fingerprint density at radius 1 is 1.54 bits per heavy atom. The van der Waals surface area contributed by atoms with E-state index in [2.05, 4.69) is 15.9 Å². The van der Waals surface area contributed by atoms with Gasteiger partial charge in [0.15, 0.2) is 0 Å². The van der Waals surface area contributed by atoms with E-state index >= 15 is 0 Å². The third-order valence-corrected chi connectivity index (χ3v) is 3.20. The van der Waals surface area contributed by atoms with Crippen molar-refractivity contribution in [2.45, 2.75) is 18.1 Å². The van der Waals surface area contributed by atoms with Crippen LogP contribution in [-0.4, -0.2) is 11.4 Å². The topological polar surface area (TPSA) is 78.1 Å². The molecule has 0 aliphatic carbocycles. The first-order valence-corrected chi connectivity index (χ1v) is 6.07. The van der Waals surface area contributed by atoms with Gasteiger partial charge >= 0.3 is 0 Å². The fourth-order valence-corrected chi connectivity index (χ4v) is 2.31. The van der Waals surface area contributed by atoms with Crippen LogP contribution in [0.25, 0.3) is 0 Å². The predicted molar refractivity (Wildman–Crippen MR) is 60.8 cm³/mol. The Kier molecular flexibility index (Phi) is 3.87. The Hall–Kier alpha value is 0.0600. The second kappa shape index (κ2) is 4.52. The molecule has 0 fully saturated rings. The maximum Gasteiger partial charge on any atom is 0.106 e. The molecule has 0 spiro atoms. The van der Waals surface area contributed by atoms with Gasteiger partial charge < -0.3 is 17.2 Å². The fourth-order valence-electron chi connectivity index (χ4n) is 1.08. The van der Waals surface area contributed by atoms with Crippen LogP contribution >= 0.6 is 27.3 Å². The van der Waals surface area contributed by atoms with E-state index in [9.17, 15) is 0 Å². The molecule has 1 unspecified atom stereocenters. The zero-order valence-corrected chi connectivity index (χ0v) is 9.64. The highest BCUT2D eigenvalue weighted by molar-refractivity contribution is 9.09. The number of rotatable bonds is 4. The molecule has 0 aliphatic rings. The first kappa shape index (κ1) is 11.1. The molecular weight excluding hydrogens is 250 g/mol. The van der Waals surface area contributed by atoms with E-state index in [0.717, 1.165) is 17.3 Å². The molecule has 1 atom stereocenters. The first-order chi connectivity index (χ1) is 6.09. The second-order valence-corrected chi connectivity index (χ2v) is 4.60. The summed E-state index contributed by atoms with van der Waals surface area (Å²) >= 11 is 4.89. The fraction of sp³-hybridized carbons (Fsp3) is 0.500. The quantitative estimate of drug-likeness (QED) is 0.559. The van der Waals surface area contributed by atoms with Crippen molar-refractivity contribution >= 4 is 27.3 Å². The molecule has 0 saturated heterocycles. The van der Waals surface area contributed by atoms with Crippen LogP contribution in [0.3, 0.4) is 0 Å². The normalized spacial score (nSPS) is 14.5. The molecule has 5 heteroatoms. The van der Waals surface area contributed by atoms with E-state index < -0.39 is 5.66 Å². The maximum absolute atomic E-state index is 5.95. The van der Waals surface area contributed by atoms with Crippen LogP contribution in [0.2, 0.25) is 0 Å². The highest BCUT2D eigenvalue weighted by Crippen LogP contribution is 2.20. The van der Waals surface area contributed by atoms with E-state index in [-0.39, 0.29) is 6.04 Å². The van der Waals surface area contributed by atoms with E-state index in [1.54, 1.807) is 11.3 Å². The number of thiophene rings is 1. The third kappa shape index (κ3) is 2.51. The van der Waals surface area contributed by atoms with Crippen LogP contribution in [0.4, 0.5) is 0 Å². The molecule has 0 amide bonds. The van der Waals surface area contributed by atoms with Gasteiger partial charge in [-0.15, -0.1) is 0 Å². The van der Waals surface area contributed by atoms with Gasteiger partial charge in [0.1, 0.15) is 5.66 Å². The van der Waals surface area contributed by atoms with Crippen LogP contribution in [0.1, 0.15) is 12.0 Å². The monoisotopic (exact) mass is 263 g/mol. The van der Waals surface area contributed by atoms with Gasteiger partial charge in [0.25, 0.3) is 0 Å². The Morgan fingerprint density at radius 2 is 2.23 bits per heavy atom. The summed E-state index contributed by atoms with van der Waals surface area (Å²) in [6.07, 6.45) is 0.767. The number of hydrogen-bond donors (Lipinski definition) is 3. The van der Waals surface area contributed by atoms with Crippen molar-refractivity contribution in [2.75, 3.05) is 5.33 Å². The minimum absolute atomic E-state index is 0.221. The maximum atomic E-state index is 5.95. The first-order valence-electron chi connectivity index (χ1n) is 4.01. The predicted octanol–water partition coefficient (Wildman–Crippen LogP) is 0.931. The van der Waals surface area contributed by atoms with E-state index in [0.29, 0.717) is 0 Å². The second-order valence-electron chi connectivity index (χ2n) is 3.03. The number of halogens is 1. The molecule has 1 rings (SSSR count). The van der Waals surface area contributed by atoms with Gasteiger partial charge in [0.05, 0.1) is 0 Å². The van der Waals surface area contributed by atoms with Crippen molar-refractivity contribution < 1.29 is 0 Å². The smallest absolute Gasteiger partial charge is 0.106 e. The molecule has 13 heavy (non-hydrogen) atoms. The molecule has 74 valence electrons. The van der Waals surface area contributed by atoms with Gasteiger partial charge in [-0.1, -0.05) is 15.9 Å². The summed E-state index contributed by atoms with van der Waals surface area (Å²) in [7, 11) is 0. The lowest BCUT2D eigenvalue weighted by Crippen LogP contribution is -2.59. The molecule has 3 nitrogen and oxygen atoms in total. The Morgan fingerprint density at radius 3 is 2.69 bits per heavy atom. The molecule has 0 aliphatic heterocycles. The molecular formula is C8H14BrN3S. The van der Waals surface area contributed by atoms with Crippen molar-refractivity contribution in [1.29, 1.82) is 0 Å². The Bertz CT molecular complexity index is 248. The standard InChI is InChI=1S/C8H14BrN3S/c9-3-1-7(10)8(11,12)6-2-4-13-5-6/h2,4-5,7H,1,3,10-12H2. The van der Waals surface area contributed by atoms with Crippen LogP contribution in [0.15, 0.2) is 16.8 Å². The molecule has 0 bridgehead atoms. The van der Waals surface area contributed by atoms with Crippen LogP contribution in [0, 0.1) is 0 Å².